The Morgan fingerprint density at radius 3 is 2.30 bits per heavy atom. The van der Waals surface area contributed by atoms with E-state index in [1.165, 1.54) is 25.3 Å². The predicted octanol–water partition coefficient (Wildman–Crippen LogP) is 4.82. The molecule has 0 spiro atoms. The first-order valence-corrected chi connectivity index (χ1v) is 9.36. The summed E-state index contributed by atoms with van der Waals surface area (Å²) in [6.07, 6.45) is 5.77. The molecule has 0 saturated heterocycles. The third-order valence-electron chi connectivity index (χ3n) is 4.60. The van der Waals surface area contributed by atoms with Gasteiger partial charge in [-0.15, -0.1) is 0 Å². The number of hydrogen-bond acceptors (Lipinski definition) is 5. The first-order valence-electron chi connectivity index (χ1n) is 9.36. The SMILES string of the molecule is COc1cc(/C=C/C(=O)CC(=O)/C=C/c2c(OC)ccc3ccccc23)ccc1O. The molecule has 3 rings (SSSR count). The third kappa shape index (κ3) is 4.94. The van der Waals surface area contributed by atoms with Crippen molar-refractivity contribution in [3.63, 3.8) is 0 Å². The average molecular weight is 402 g/mol. The fourth-order valence-corrected chi connectivity index (χ4v) is 3.08. The summed E-state index contributed by atoms with van der Waals surface area (Å²) in [7, 11) is 3.03. The number of allylic oxidation sites excluding steroid dienone is 2. The second-order valence-electron chi connectivity index (χ2n) is 6.61. The molecule has 0 bridgehead atoms. The van der Waals surface area contributed by atoms with E-state index in [0.29, 0.717) is 17.1 Å². The third-order valence-corrected chi connectivity index (χ3v) is 4.60. The number of benzene rings is 3. The van der Waals surface area contributed by atoms with E-state index in [-0.39, 0.29) is 23.7 Å². The summed E-state index contributed by atoms with van der Waals surface area (Å²) in [4.78, 5) is 24.4. The molecule has 0 unspecified atom stereocenters. The van der Waals surface area contributed by atoms with Gasteiger partial charge < -0.3 is 14.6 Å². The zero-order valence-electron chi connectivity index (χ0n) is 16.8. The van der Waals surface area contributed by atoms with Crippen molar-refractivity contribution in [2.45, 2.75) is 6.42 Å². The Bertz CT molecular complexity index is 1140. The summed E-state index contributed by atoms with van der Waals surface area (Å²) in [5.74, 6) is 0.368. The molecule has 5 heteroatoms. The quantitative estimate of drug-likeness (QED) is 0.432. The van der Waals surface area contributed by atoms with Gasteiger partial charge in [0.1, 0.15) is 5.75 Å². The zero-order valence-corrected chi connectivity index (χ0v) is 16.8. The second-order valence-corrected chi connectivity index (χ2v) is 6.61. The van der Waals surface area contributed by atoms with E-state index in [1.807, 2.05) is 36.4 Å². The maximum absolute atomic E-state index is 12.3. The van der Waals surface area contributed by atoms with Crippen molar-refractivity contribution in [1.82, 2.24) is 0 Å². The van der Waals surface area contributed by atoms with Gasteiger partial charge in [0.2, 0.25) is 0 Å². The number of phenols is 1. The van der Waals surface area contributed by atoms with Crippen LogP contribution in [0.25, 0.3) is 22.9 Å². The van der Waals surface area contributed by atoms with Gasteiger partial charge in [0.25, 0.3) is 0 Å². The van der Waals surface area contributed by atoms with Crippen molar-refractivity contribution in [2.75, 3.05) is 14.2 Å². The van der Waals surface area contributed by atoms with Crippen LogP contribution in [-0.4, -0.2) is 30.9 Å². The standard InChI is InChI=1S/C25H22O5/c1-29-24-14-9-18-5-3-4-6-21(18)22(24)12-11-20(27)16-19(26)10-7-17-8-13-23(28)25(15-17)30-2/h3-15,28H,16H2,1-2H3/b10-7+,12-11+. The molecule has 0 radical (unpaired) electrons. The smallest absolute Gasteiger partial charge is 0.163 e. The van der Waals surface area contributed by atoms with Crippen LogP contribution in [0.2, 0.25) is 0 Å². The number of ketones is 2. The summed E-state index contributed by atoms with van der Waals surface area (Å²) in [6, 6.07) is 16.4. The number of aromatic hydroxyl groups is 1. The molecule has 3 aromatic carbocycles. The summed E-state index contributed by atoms with van der Waals surface area (Å²) >= 11 is 0. The molecule has 5 nitrogen and oxygen atoms in total. The number of carbonyl (C=O) groups excluding carboxylic acids is 2. The summed E-state index contributed by atoms with van der Waals surface area (Å²) < 4.78 is 10.5. The van der Waals surface area contributed by atoms with Crippen LogP contribution in [0.1, 0.15) is 17.5 Å². The van der Waals surface area contributed by atoms with Crippen LogP contribution in [0.15, 0.2) is 66.7 Å². The van der Waals surface area contributed by atoms with E-state index in [0.717, 1.165) is 16.3 Å². The topological polar surface area (TPSA) is 72.8 Å². The van der Waals surface area contributed by atoms with Gasteiger partial charge in [-0.25, -0.2) is 0 Å². The lowest BCUT2D eigenvalue weighted by Crippen LogP contribution is -2.02. The molecular formula is C25H22O5. The molecule has 0 heterocycles. The molecule has 3 aromatic rings. The van der Waals surface area contributed by atoms with E-state index in [4.69, 9.17) is 9.47 Å². The van der Waals surface area contributed by atoms with Crippen LogP contribution in [0.3, 0.4) is 0 Å². The Hall–Kier alpha value is -3.86. The maximum Gasteiger partial charge on any atom is 0.163 e. The predicted molar refractivity (Wildman–Crippen MR) is 118 cm³/mol. The molecule has 0 fully saturated rings. The van der Waals surface area contributed by atoms with Gasteiger partial charge >= 0.3 is 0 Å². The lowest BCUT2D eigenvalue weighted by Gasteiger charge is -2.08. The molecular weight excluding hydrogens is 380 g/mol. The monoisotopic (exact) mass is 402 g/mol. The molecule has 0 aliphatic heterocycles. The molecule has 30 heavy (non-hydrogen) atoms. The van der Waals surface area contributed by atoms with Gasteiger partial charge in [-0.3, -0.25) is 9.59 Å². The Morgan fingerprint density at radius 1 is 0.867 bits per heavy atom. The Balaban J connectivity index is 1.70. The second kappa shape index (κ2) is 9.56. The first kappa shape index (κ1) is 20.9. The fraction of sp³-hybridized carbons (Fsp3) is 0.120. The summed E-state index contributed by atoms with van der Waals surface area (Å²) in [5, 5.41) is 11.6. The highest BCUT2D eigenvalue weighted by Gasteiger charge is 2.08. The Morgan fingerprint density at radius 2 is 1.57 bits per heavy atom. The molecule has 0 aliphatic rings. The van der Waals surface area contributed by atoms with Crippen LogP contribution >= 0.6 is 0 Å². The van der Waals surface area contributed by atoms with Crippen LogP contribution in [0.4, 0.5) is 0 Å². The van der Waals surface area contributed by atoms with Gasteiger partial charge in [0, 0.05) is 5.56 Å². The van der Waals surface area contributed by atoms with E-state index in [1.54, 1.807) is 31.4 Å². The minimum atomic E-state index is -0.318. The van der Waals surface area contributed by atoms with E-state index >= 15 is 0 Å². The van der Waals surface area contributed by atoms with E-state index < -0.39 is 0 Å². The van der Waals surface area contributed by atoms with Crippen LogP contribution in [-0.2, 0) is 9.59 Å². The average Bonchev–Trinajstić information content (AvgIpc) is 2.76. The fourth-order valence-electron chi connectivity index (χ4n) is 3.08. The molecule has 1 N–H and O–H groups in total. The van der Waals surface area contributed by atoms with E-state index in [9.17, 15) is 14.7 Å². The summed E-state index contributed by atoms with van der Waals surface area (Å²) in [5.41, 5.74) is 1.48. The highest BCUT2D eigenvalue weighted by atomic mass is 16.5. The van der Waals surface area contributed by atoms with Crippen molar-refractivity contribution in [3.05, 3.63) is 77.9 Å². The van der Waals surface area contributed by atoms with Crippen LogP contribution < -0.4 is 9.47 Å². The number of rotatable bonds is 8. The van der Waals surface area contributed by atoms with E-state index in [2.05, 4.69) is 0 Å². The van der Waals surface area contributed by atoms with Crippen LogP contribution in [0, 0.1) is 0 Å². The normalized spacial score (nSPS) is 11.3. The van der Waals surface area contributed by atoms with Gasteiger partial charge in [-0.2, -0.15) is 0 Å². The highest BCUT2D eigenvalue weighted by molar-refractivity contribution is 6.11. The van der Waals surface area contributed by atoms with Crippen molar-refractivity contribution in [3.8, 4) is 17.2 Å². The zero-order chi connectivity index (χ0) is 21.5. The number of phenolic OH excluding ortho intramolecular Hbond substituents is 1. The minimum absolute atomic E-state index is 0.0187. The molecule has 0 atom stereocenters. The van der Waals surface area contributed by atoms with Crippen molar-refractivity contribution < 1.29 is 24.2 Å². The molecule has 0 amide bonds. The maximum atomic E-state index is 12.3. The van der Waals surface area contributed by atoms with Gasteiger partial charge in [-0.1, -0.05) is 42.5 Å². The van der Waals surface area contributed by atoms with Crippen molar-refractivity contribution in [1.29, 1.82) is 0 Å². The molecule has 0 aromatic heterocycles. The first-order chi connectivity index (χ1) is 14.5. The minimum Gasteiger partial charge on any atom is -0.504 e. The Kier molecular flexibility index (Phi) is 6.65. The van der Waals surface area contributed by atoms with Crippen LogP contribution in [0.5, 0.6) is 17.2 Å². The molecule has 0 saturated carbocycles. The summed E-state index contributed by atoms with van der Waals surface area (Å²) in [6.45, 7) is 0. The van der Waals surface area contributed by atoms with Gasteiger partial charge in [0.15, 0.2) is 23.1 Å². The van der Waals surface area contributed by atoms with Gasteiger partial charge in [-0.05, 0) is 52.8 Å². The molecule has 0 aliphatic carbocycles. The largest absolute Gasteiger partial charge is 0.504 e. The highest BCUT2D eigenvalue weighted by Crippen LogP contribution is 2.29. The number of ether oxygens (including phenoxy) is 2. The number of hydrogen-bond donors (Lipinski definition) is 1. The molecule has 152 valence electrons. The van der Waals surface area contributed by atoms with Crippen molar-refractivity contribution in [2.24, 2.45) is 0 Å². The lowest BCUT2D eigenvalue weighted by molar-refractivity contribution is -0.121. The van der Waals surface area contributed by atoms with Gasteiger partial charge in [0.05, 0.1) is 20.6 Å². The van der Waals surface area contributed by atoms with Crippen molar-refractivity contribution >= 4 is 34.5 Å². The number of fused-ring (bicyclic) bond motifs is 1. The Labute approximate surface area is 174 Å². The number of methoxy groups -OCH3 is 2. The lowest BCUT2D eigenvalue weighted by atomic mass is 10.0. The number of carbonyl (C=O) groups is 2.